The number of halogens is 4. The summed E-state index contributed by atoms with van der Waals surface area (Å²) in [5.74, 6) is -0.900. The molecular weight excluding hydrogens is 453 g/mol. The topological polar surface area (TPSA) is 94.7 Å². The number of esters is 1. The largest absolute Gasteiger partial charge is 0.465 e. The fraction of sp³-hybridized carbons (Fsp3) is 0.300. The fourth-order valence-electron chi connectivity index (χ4n) is 3.05. The highest BCUT2D eigenvalue weighted by Gasteiger charge is 2.33. The minimum atomic E-state index is -4.65. The van der Waals surface area contributed by atoms with E-state index in [-0.39, 0.29) is 30.1 Å². The van der Waals surface area contributed by atoms with Crippen LogP contribution in [0.2, 0.25) is 5.02 Å². The predicted octanol–water partition coefficient (Wildman–Crippen LogP) is 3.67. The standard InChI is InChI=1S/C20H18ClF3N4O4/c1-11(13-3-4-15(21)14(9-13)20(22,23)24)27-10-25-16-5-6-17(28(16)19(27)31)26-18(30)7-8-32-12(2)29/h3-6,9-11H,7-8H2,1-2H3,(H,26,30). The number of fused-ring (bicyclic) bond motifs is 1. The van der Waals surface area contributed by atoms with Crippen LogP contribution in [0.1, 0.15) is 37.4 Å². The van der Waals surface area contributed by atoms with Crippen molar-refractivity contribution in [1.29, 1.82) is 0 Å². The average molecular weight is 471 g/mol. The van der Waals surface area contributed by atoms with Gasteiger partial charge < -0.3 is 10.1 Å². The normalized spacial score (nSPS) is 12.6. The minimum absolute atomic E-state index is 0.122. The van der Waals surface area contributed by atoms with Gasteiger partial charge in [0.2, 0.25) is 5.91 Å². The summed E-state index contributed by atoms with van der Waals surface area (Å²) in [5.41, 5.74) is -1.19. The van der Waals surface area contributed by atoms with Crippen LogP contribution in [0.5, 0.6) is 0 Å². The molecule has 0 spiro atoms. The number of rotatable bonds is 6. The molecule has 0 aliphatic heterocycles. The molecule has 1 aromatic carbocycles. The molecule has 2 aromatic heterocycles. The van der Waals surface area contributed by atoms with Crippen molar-refractivity contribution in [1.82, 2.24) is 14.0 Å². The number of aromatic nitrogens is 3. The van der Waals surface area contributed by atoms with Crippen molar-refractivity contribution < 1.29 is 27.5 Å². The van der Waals surface area contributed by atoms with Crippen LogP contribution >= 0.6 is 11.6 Å². The molecule has 32 heavy (non-hydrogen) atoms. The van der Waals surface area contributed by atoms with Crippen LogP contribution in [-0.4, -0.2) is 32.4 Å². The molecule has 170 valence electrons. The molecule has 0 radical (unpaired) electrons. The van der Waals surface area contributed by atoms with Crippen molar-refractivity contribution in [2.75, 3.05) is 11.9 Å². The van der Waals surface area contributed by atoms with Crippen LogP contribution in [-0.2, 0) is 20.5 Å². The summed E-state index contributed by atoms with van der Waals surface area (Å²) in [6.07, 6.45) is -3.55. The zero-order chi connectivity index (χ0) is 23.6. The van der Waals surface area contributed by atoms with E-state index in [1.165, 1.54) is 31.5 Å². The molecule has 8 nitrogen and oxygen atoms in total. The lowest BCUT2D eigenvalue weighted by molar-refractivity contribution is -0.141. The van der Waals surface area contributed by atoms with E-state index in [1.54, 1.807) is 6.92 Å². The summed E-state index contributed by atoms with van der Waals surface area (Å²) in [4.78, 5) is 40.1. The molecule has 12 heteroatoms. The number of hydrogen-bond donors (Lipinski definition) is 1. The van der Waals surface area contributed by atoms with Crippen molar-refractivity contribution >= 4 is 34.9 Å². The molecule has 0 saturated heterocycles. The van der Waals surface area contributed by atoms with E-state index < -0.39 is 40.4 Å². The molecule has 3 rings (SSSR count). The zero-order valence-electron chi connectivity index (χ0n) is 16.9. The van der Waals surface area contributed by atoms with E-state index in [2.05, 4.69) is 10.3 Å². The number of alkyl halides is 3. The van der Waals surface area contributed by atoms with Crippen LogP contribution in [0.3, 0.4) is 0 Å². The summed E-state index contributed by atoms with van der Waals surface area (Å²) in [5, 5.41) is 2.09. The second-order valence-electron chi connectivity index (χ2n) is 6.90. The second-order valence-corrected chi connectivity index (χ2v) is 7.31. The summed E-state index contributed by atoms with van der Waals surface area (Å²) >= 11 is 5.68. The maximum absolute atomic E-state index is 13.2. The second kappa shape index (κ2) is 9.03. The van der Waals surface area contributed by atoms with Crippen molar-refractivity contribution in [3.63, 3.8) is 0 Å². The van der Waals surface area contributed by atoms with Crippen molar-refractivity contribution in [2.24, 2.45) is 0 Å². The van der Waals surface area contributed by atoms with Gasteiger partial charge in [0.1, 0.15) is 24.4 Å². The number of carbonyl (C=O) groups excluding carboxylic acids is 2. The third-order valence-electron chi connectivity index (χ3n) is 4.68. The number of anilines is 1. The van der Waals surface area contributed by atoms with Gasteiger partial charge in [0, 0.05) is 6.92 Å². The Bertz CT molecular complexity index is 1240. The van der Waals surface area contributed by atoms with Gasteiger partial charge in [-0.3, -0.25) is 14.2 Å². The molecule has 2 heterocycles. The van der Waals surface area contributed by atoms with Crippen LogP contribution in [0.25, 0.3) is 5.65 Å². The Morgan fingerprint density at radius 3 is 2.62 bits per heavy atom. The molecule has 3 aromatic rings. The first-order valence-corrected chi connectivity index (χ1v) is 9.75. The van der Waals surface area contributed by atoms with Crippen molar-refractivity contribution in [3.8, 4) is 0 Å². The van der Waals surface area contributed by atoms with Crippen LogP contribution in [0.4, 0.5) is 19.0 Å². The quantitative estimate of drug-likeness (QED) is 0.555. The Morgan fingerprint density at radius 2 is 1.97 bits per heavy atom. The number of nitrogens with one attached hydrogen (secondary N) is 1. The lowest BCUT2D eigenvalue weighted by atomic mass is 10.0. The lowest BCUT2D eigenvalue weighted by Gasteiger charge is -2.18. The zero-order valence-corrected chi connectivity index (χ0v) is 17.7. The number of ether oxygens (including phenoxy) is 1. The van der Waals surface area contributed by atoms with Gasteiger partial charge in [0.05, 0.1) is 23.0 Å². The van der Waals surface area contributed by atoms with E-state index in [9.17, 15) is 27.6 Å². The van der Waals surface area contributed by atoms with Gasteiger partial charge in [-0.25, -0.2) is 14.2 Å². The number of hydrogen-bond acceptors (Lipinski definition) is 5. The maximum Gasteiger partial charge on any atom is 0.417 e. The number of benzene rings is 1. The maximum atomic E-state index is 13.2. The third-order valence-corrected chi connectivity index (χ3v) is 5.01. The highest BCUT2D eigenvalue weighted by molar-refractivity contribution is 6.31. The van der Waals surface area contributed by atoms with Gasteiger partial charge in [0.25, 0.3) is 0 Å². The smallest absolute Gasteiger partial charge is 0.417 e. The third kappa shape index (κ3) is 4.93. The van der Waals surface area contributed by atoms with Crippen LogP contribution in [0, 0.1) is 0 Å². The molecule has 1 N–H and O–H groups in total. The van der Waals surface area contributed by atoms with Gasteiger partial charge >= 0.3 is 17.8 Å². The molecular formula is C20H18ClF3N4O4. The van der Waals surface area contributed by atoms with Gasteiger partial charge in [0.15, 0.2) is 0 Å². The average Bonchev–Trinajstić information content (AvgIpc) is 3.10. The number of nitrogens with zero attached hydrogens (tertiary/aromatic N) is 3. The fourth-order valence-corrected chi connectivity index (χ4v) is 3.28. The number of amides is 1. The van der Waals surface area contributed by atoms with E-state index in [4.69, 9.17) is 16.3 Å². The Balaban J connectivity index is 1.93. The first-order valence-electron chi connectivity index (χ1n) is 9.37. The Labute approximate surface area is 184 Å². The van der Waals surface area contributed by atoms with Crippen molar-refractivity contribution in [3.05, 3.63) is 63.3 Å². The van der Waals surface area contributed by atoms with Gasteiger partial charge in [-0.2, -0.15) is 13.2 Å². The predicted molar refractivity (Wildman–Crippen MR) is 110 cm³/mol. The molecule has 0 aliphatic carbocycles. The van der Waals surface area contributed by atoms with Crippen LogP contribution < -0.4 is 11.0 Å². The van der Waals surface area contributed by atoms with E-state index in [0.717, 1.165) is 21.1 Å². The first kappa shape index (κ1) is 23.3. The minimum Gasteiger partial charge on any atom is -0.465 e. The molecule has 1 atom stereocenters. The highest BCUT2D eigenvalue weighted by Crippen LogP contribution is 2.36. The Morgan fingerprint density at radius 1 is 1.25 bits per heavy atom. The SMILES string of the molecule is CC(=O)OCCC(=O)Nc1ccc2ncn(C(C)c3ccc(Cl)c(C(F)(F)F)c3)c(=O)n12. The highest BCUT2D eigenvalue weighted by atomic mass is 35.5. The summed E-state index contributed by atoms with van der Waals surface area (Å²) in [6.45, 7) is 2.63. The monoisotopic (exact) mass is 470 g/mol. The van der Waals surface area contributed by atoms with Crippen molar-refractivity contribution in [2.45, 2.75) is 32.5 Å². The van der Waals surface area contributed by atoms with Crippen LogP contribution in [0.15, 0.2) is 41.5 Å². The molecule has 0 aliphatic rings. The van der Waals surface area contributed by atoms with E-state index in [1.807, 2.05) is 0 Å². The summed E-state index contributed by atoms with van der Waals surface area (Å²) < 4.78 is 46.6. The molecule has 0 saturated carbocycles. The van der Waals surface area contributed by atoms with Gasteiger partial charge in [-0.15, -0.1) is 0 Å². The molecule has 1 amide bonds. The molecule has 1 unspecified atom stereocenters. The van der Waals surface area contributed by atoms with E-state index >= 15 is 0 Å². The summed E-state index contributed by atoms with van der Waals surface area (Å²) in [6, 6.07) is 5.56. The van der Waals surface area contributed by atoms with Gasteiger partial charge in [-0.05, 0) is 36.8 Å². The Hall–Kier alpha value is -3.34. The number of carbonyl (C=O) groups is 2. The lowest BCUT2D eigenvalue weighted by Crippen LogP contribution is -2.31. The van der Waals surface area contributed by atoms with Gasteiger partial charge in [-0.1, -0.05) is 17.7 Å². The molecule has 0 fully saturated rings. The first-order chi connectivity index (χ1) is 15.0. The van der Waals surface area contributed by atoms with E-state index in [0.29, 0.717) is 0 Å². The Kier molecular flexibility index (Phi) is 6.58. The molecule has 0 bridgehead atoms. The summed E-state index contributed by atoms with van der Waals surface area (Å²) in [7, 11) is 0.